The maximum absolute atomic E-state index is 13.1. The maximum atomic E-state index is 13.1. The minimum absolute atomic E-state index is 0.0967. The highest BCUT2D eigenvalue weighted by Gasteiger charge is 2.33. The van der Waals surface area contributed by atoms with Gasteiger partial charge in [0.15, 0.2) is 0 Å². The number of carbonyl (C=O) groups is 4. The largest absolute Gasteiger partial charge is 0.534 e. The van der Waals surface area contributed by atoms with Crippen molar-refractivity contribution in [2.24, 2.45) is 0 Å². The number of methoxy groups -OCH3 is 1. The molecule has 5 N–H and O–H groups in total. The van der Waals surface area contributed by atoms with Crippen molar-refractivity contribution in [1.82, 2.24) is 15.4 Å². The number of rotatable bonds is 14. The van der Waals surface area contributed by atoms with Crippen LogP contribution in [0, 0.1) is 0 Å². The summed E-state index contributed by atoms with van der Waals surface area (Å²) in [6.45, 7) is 3.01. The van der Waals surface area contributed by atoms with Crippen LogP contribution in [0.4, 0.5) is 10.5 Å². The van der Waals surface area contributed by atoms with Crippen molar-refractivity contribution in [2.75, 3.05) is 38.7 Å². The van der Waals surface area contributed by atoms with Crippen LogP contribution >= 0.6 is 0 Å². The fourth-order valence-electron chi connectivity index (χ4n) is 4.95. The molecule has 0 saturated carbocycles. The van der Waals surface area contributed by atoms with Gasteiger partial charge >= 0.3 is 6.16 Å². The van der Waals surface area contributed by atoms with Crippen LogP contribution in [-0.4, -0.2) is 72.2 Å². The standard InChI is InChI=1S/C31H36N4O9/c1-3-14-32-25(36)8-5-9-26(37)34-19-10-11-21-23(17-19)24(18-43-31(41)44-35-27(38)12-13-28(35)39)20-6-4-7-22(29(20)21)30(40)33-15-16-42-2/h4,6-7,10-13,17,24,38-39H,3,5,8-9,14-16,18H2,1-2H3,(H,32,36)(H,33,40)(H,34,37). The summed E-state index contributed by atoms with van der Waals surface area (Å²) < 4.78 is 10.9. The molecule has 1 aliphatic carbocycles. The van der Waals surface area contributed by atoms with Gasteiger partial charge < -0.3 is 35.6 Å². The van der Waals surface area contributed by atoms with Crippen LogP contribution in [0.1, 0.15) is 60.0 Å². The summed E-state index contributed by atoms with van der Waals surface area (Å²) in [7, 11) is 1.54. The Morgan fingerprint density at radius 3 is 2.39 bits per heavy atom. The van der Waals surface area contributed by atoms with E-state index in [0.717, 1.165) is 29.7 Å². The summed E-state index contributed by atoms with van der Waals surface area (Å²) >= 11 is 0. The Bertz CT molecular complexity index is 1500. The van der Waals surface area contributed by atoms with Crippen LogP contribution in [0.15, 0.2) is 48.5 Å². The van der Waals surface area contributed by atoms with E-state index < -0.39 is 23.8 Å². The third-order valence-electron chi connectivity index (χ3n) is 7.00. The molecule has 1 aliphatic rings. The molecule has 0 spiro atoms. The molecular weight excluding hydrogens is 572 g/mol. The molecular formula is C31H36N4O9. The first kappa shape index (κ1) is 31.9. The van der Waals surface area contributed by atoms with E-state index in [9.17, 15) is 29.4 Å². The first-order chi connectivity index (χ1) is 21.2. The number of anilines is 1. The van der Waals surface area contributed by atoms with E-state index in [1.54, 1.807) is 30.3 Å². The molecule has 3 aromatic rings. The molecule has 1 aromatic heterocycles. The lowest BCUT2D eigenvalue weighted by molar-refractivity contribution is -0.121. The summed E-state index contributed by atoms with van der Waals surface area (Å²) in [6.07, 6.45) is 0.450. The molecule has 3 amide bonds. The first-order valence-corrected chi connectivity index (χ1v) is 14.3. The van der Waals surface area contributed by atoms with Crippen molar-refractivity contribution in [3.05, 3.63) is 65.2 Å². The Morgan fingerprint density at radius 2 is 1.66 bits per heavy atom. The lowest BCUT2D eigenvalue weighted by atomic mass is 9.96. The van der Waals surface area contributed by atoms with Crippen molar-refractivity contribution in [2.45, 2.75) is 38.5 Å². The van der Waals surface area contributed by atoms with E-state index in [0.29, 0.717) is 53.2 Å². The number of benzene rings is 2. The fraction of sp³-hybridized carbons (Fsp3) is 0.355. The summed E-state index contributed by atoms with van der Waals surface area (Å²) in [5.41, 5.74) is 3.73. The summed E-state index contributed by atoms with van der Waals surface area (Å²) in [4.78, 5) is 55.0. The lowest BCUT2D eigenvalue weighted by Gasteiger charge is -2.15. The van der Waals surface area contributed by atoms with E-state index in [-0.39, 0.29) is 37.2 Å². The topological polar surface area (TPSA) is 177 Å². The number of ether oxygens (including phenoxy) is 2. The minimum Gasteiger partial charge on any atom is -0.492 e. The molecule has 13 heteroatoms. The molecule has 1 unspecified atom stereocenters. The lowest BCUT2D eigenvalue weighted by Crippen LogP contribution is -2.27. The zero-order chi connectivity index (χ0) is 31.6. The van der Waals surface area contributed by atoms with Crippen LogP contribution < -0.4 is 20.8 Å². The predicted molar refractivity (Wildman–Crippen MR) is 159 cm³/mol. The van der Waals surface area contributed by atoms with E-state index >= 15 is 0 Å². The monoisotopic (exact) mass is 608 g/mol. The molecule has 0 fully saturated rings. The molecule has 0 saturated heterocycles. The van der Waals surface area contributed by atoms with Crippen molar-refractivity contribution in [3.63, 3.8) is 0 Å². The number of carbonyl (C=O) groups excluding carboxylic acids is 4. The number of aromatic hydroxyl groups is 2. The highest BCUT2D eigenvalue weighted by atomic mass is 16.8. The molecule has 2 aromatic carbocycles. The highest BCUT2D eigenvalue weighted by Crippen LogP contribution is 2.47. The fourth-order valence-corrected chi connectivity index (χ4v) is 4.95. The predicted octanol–water partition coefficient (Wildman–Crippen LogP) is 3.29. The van der Waals surface area contributed by atoms with Gasteiger partial charge in [0, 0.05) is 62.3 Å². The number of hydrogen-bond acceptors (Lipinski definition) is 9. The summed E-state index contributed by atoms with van der Waals surface area (Å²) in [6, 6.07) is 12.8. The zero-order valence-electron chi connectivity index (χ0n) is 24.6. The van der Waals surface area contributed by atoms with E-state index in [2.05, 4.69) is 16.0 Å². The van der Waals surface area contributed by atoms with Gasteiger partial charge in [0.2, 0.25) is 23.6 Å². The van der Waals surface area contributed by atoms with Crippen LogP contribution in [0.5, 0.6) is 11.8 Å². The number of amides is 3. The molecule has 1 atom stereocenters. The molecule has 44 heavy (non-hydrogen) atoms. The second-order valence-corrected chi connectivity index (χ2v) is 10.1. The van der Waals surface area contributed by atoms with Crippen molar-refractivity contribution >= 4 is 29.6 Å². The smallest absolute Gasteiger partial charge is 0.492 e. The Hall–Kier alpha value is -5.04. The summed E-state index contributed by atoms with van der Waals surface area (Å²) in [5.74, 6) is -2.19. The molecule has 13 nitrogen and oxygen atoms in total. The van der Waals surface area contributed by atoms with Gasteiger partial charge in [0.05, 0.1) is 6.61 Å². The normalized spacial score (nSPS) is 13.0. The Morgan fingerprint density at radius 1 is 0.909 bits per heavy atom. The van der Waals surface area contributed by atoms with E-state index in [1.165, 1.54) is 7.11 Å². The molecule has 4 rings (SSSR count). The molecule has 1 heterocycles. The average Bonchev–Trinajstić information content (AvgIpc) is 3.49. The minimum atomic E-state index is -1.18. The van der Waals surface area contributed by atoms with Gasteiger partial charge in [-0.3, -0.25) is 19.2 Å². The number of fused-ring (bicyclic) bond motifs is 3. The van der Waals surface area contributed by atoms with Gasteiger partial charge in [-0.15, -0.1) is 4.73 Å². The Kier molecular flexibility index (Phi) is 10.8. The van der Waals surface area contributed by atoms with Crippen LogP contribution in [-0.2, 0) is 19.1 Å². The number of hydrogen-bond donors (Lipinski definition) is 5. The Balaban J connectivity index is 1.54. The third kappa shape index (κ3) is 7.67. The van der Waals surface area contributed by atoms with Crippen LogP contribution in [0.25, 0.3) is 11.1 Å². The van der Waals surface area contributed by atoms with Crippen molar-refractivity contribution in [3.8, 4) is 22.9 Å². The molecule has 0 bridgehead atoms. The zero-order valence-corrected chi connectivity index (χ0v) is 24.6. The average molecular weight is 609 g/mol. The van der Waals surface area contributed by atoms with Gasteiger partial charge in [-0.25, -0.2) is 4.79 Å². The van der Waals surface area contributed by atoms with Gasteiger partial charge in [0.1, 0.15) is 6.61 Å². The van der Waals surface area contributed by atoms with Gasteiger partial charge in [-0.05, 0) is 53.3 Å². The Labute approximate surface area is 254 Å². The van der Waals surface area contributed by atoms with Crippen LogP contribution in [0.2, 0.25) is 0 Å². The second kappa shape index (κ2) is 14.9. The number of aromatic nitrogens is 1. The van der Waals surface area contributed by atoms with Gasteiger partial charge in [-0.2, -0.15) is 0 Å². The number of nitrogens with one attached hydrogen (secondary N) is 3. The highest BCUT2D eigenvalue weighted by molar-refractivity contribution is 6.04. The SMILES string of the molecule is CCCNC(=O)CCCC(=O)Nc1ccc2c(c1)C(COC(=O)On1c(O)ccc1O)c1cccc(C(=O)NCCOC)c1-2. The molecule has 0 radical (unpaired) electrons. The van der Waals surface area contributed by atoms with Crippen molar-refractivity contribution in [1.29, 1.82) is 0 Å². The van der Waals surface area contributed by atoms with Crippen LogP contribution in [0.3, 0.4) is 0 Å². The van der Waals surface area contributed by atoms with E-state index in [4.69, 9.17) is 14.3 Å². The quantitative estimate of drug-likeness (QED) is 0.136. The summed E-state index contributed by atoms with van der Waals surface area (Å²) in [5, 5.41) is 28.0. The third-order valence-corrected chi connectivity index (χ3v) is 7.00. The van der Waals surface area contributed by atoms with Gasteiger partial charge in [0.25, 0.3) is 5.91 Å². The first-order valence-electron chi connectivity index (χ1n) is 14.3. The van der Waals surface area contributed by atoms with Gasteiger partial charge in [-0.1, -0.05) is 25.1 Å². The number of nitrogens with zero attached hydrogens (tertiary/aromatic N) is 1. The molecule has 234 valence electrons. The van der Waals surface area contributed by atoms with Crippen molar-refractivity contribution < 1.29 is 43.7 Å². The van der Waals surface area contributed by atoms with E-state index in [1.807, 2.05) is 13.0 Å². The second-order valence-electron chi connectivity index (χ2n) is 10.1. The molecule has 0 aliphatic heterocycles. The maximum Gasteiger partial charge on any atom is 0.534 e.